The monoisotopic (exact) mass is 443 g/mol. The zero-order chi connectivity index (χ0) is 22.6. The van der Waals surface area contributed by atoms with Gasteiger partial charge in [-0.15, -0.1) is 0 Å². The summed E-state index contributed by atoms with van der Waals surface area (Å²) in [5, 5.41) is 0. The summed E-state index contributed by atoms with van der Waals surface area (Å²) in [6.45, 7) is 4.01. The van der Waals surface area contributed by atoms with Crippen LogP contribution in [0.3, 0.4) is 0 Å². The topological polar surface area (TPSA) is 55.4 Å². The number of benzene rings is 4. The number of hydrogen-bond donors (Lipinski definition) is 1. The summed E-state index contributed by atoms with van der Waals surface area (Å²) < 4.78 is 33.8. The summed E-state index contributed by atoms with van der Waals surface area (Å²) in [5.41, 5.74) is 5.25. The van der Waals surface area contributed by atoms with Crippen LogP contribution in [0.5, 0.6) is 11.5 Å². The summed E-state index contributed by atoms with van der Waals surface area (Å²) in [4.78, 5) is 0.180. The van der Waals surface area contributed by atoms with Crippen LogP contribution in [0.4, 0.5) is 5.69 Å². The van der Waals surface area contributed by atoms with Gasteiger partial charge in [-0.1, -0.05) is 54.1 Å². The van der Waals surface area contributed by atoms with E-state index in [9.17, 15) is 8.42 Å². The highest BCUT2D eigenvalue weighted by atomic mass is 32.2. The molecule has 1 N–H and O–H groups in total. The molecular formula is C27H25NO3S. The van der Waals surface area contributed by atoms with Crippen molar-refractivity contribution in [2.45, 2.75) is 25.2 Å². The van der Waals surface area contributed by atoms with E-state index in [-0.39, 0.29) is 4.90 Å². The first kappa shape index (κ1) is 21.7. The molecule has 0 atom stereocenters. The highest BCUT2D eigenvalue weighted by Crippen LogP contribution is 2.25. The van der Waals surface area contributed by atoms with Crippen molar-refractivity contribution in [2.75, 3.05) is 4.72 Å². The van der Waals surface area contributed by atoms with Gasteiger partial charge >= 0.3 is 0 Å². The molecule has 0 aromatic heterocycles. The average Bonchev–Trinajstić information content (AvgIpc) is 2.75. The third-order valence-electron chi connectivity index (χ3n) is 5.05. The highest BCUT2D eigenvalue weighted by molar-refractivity contribution is 7.92. The van der Waals surface area contributed by atoms with E-state index in [0.29, 0.717) is 17.2 Å². The number of ether oxygens (including phenoxy) is 1. The smallest absolute Gasteiger partial charge is 0.261 e. The maximum absolute atomic E-state index is 12.6. The molecule has 5 heteroatoms. The second-order valence-electron chi connectivity index (χ2n) is 7.86. The van der Waals surface area contributed by atoms with Crippen molar-refractivity contribution in [1.29, 1.82) is 0 Å². The van der Waals surface area contributed by atoms with E-state index < -0.39 is 10.0 Å². The maximum atomic E-state index is 12.6. The molecule has 0 aliphatic rings. The molecule has 0 saturated heterocycles. The third-order valence-corrected chi connectivity index (χ3v) is 6.45. The van der Waals surface area contributed by atoms with E-state index in [0.717, 1.165) is 12.0 Å². The molecule has 0 fully saturated rings. The molecule has 32 heavy (non-hydrogen) atoms. The maximum Gasteiger partial charge on any atom is 0.261 e. The van der Waals surface area contributed by atoms with Crippen molar-refractivity contribution in [3.63, 3.8) is 0 Å². The van der Waals surface area contributed by atoms with Crippen LogP contribution in [-0.4, -0.2) is 8.42 Å². The van der Waals surface area contributed by atoms with Crippen molar-refractivity contribution in [3.05, 3.63) is 119 Å². The molecule has 0 heterocycles. The molecule has 4 nitrogen and oxygen atoms in total. The fourth-order valence-corrected chi connectivity index (χ4v) is 4.53. The first-order valence-electron chi connectivity index (χ1n) is 10.4. The van der Waals surface area contributed by atoms with Gasteiger partial charge in [0.1, 0.15) is 11.5 Å². The van der Waals surface area contributed by atoms with Crippen LogP contribution in [0, 0.1) is 13.8 Å². The Hall–Kier alpha value is -3.57. The van der Waals surface area contributed by atoms with Gasteiger partial charge in [0.15, 0.2) is 0 Å². The van der Waals surface area contributed by atoms with Gasteiger partial charge < -0.3 is 4.74 Å². The number of nitrogens with one attached hydrogen (secondary N) is 1. The summed E-state index contributed by atoms with van der Waals surface area (Å²) >= 11 is 0. The zero-order valence-electron chi connectivity index (χ0n) is 18.1. The van der Waals surface area contributed by atoms with E-state index >= 15 is 0 Å². The first-order valence-corrected chi connectivity index (χ1v) is 11.9. The lowest BCUT2D eigenvalue weighted by atomic mass is 10.0. The van der Waals surface area contributed by atoms with Crippen LogP contribution in [0.2, 0.25) is 0 Å². The Labute approximate surface area is 189 Å². The SMILES string of the molecule is Cc1cccc(Cc2ccc(Oc3ccc(S(=O)(=O)Nc4cccc(C)c4)cc3)cc2)c1. The van der Waals surface area contributed by atoms with E-state index in [1.54, 1.807) is 36.4 Å². The number of aryl methyl sites for hydroxylation is 2. The van der Waals surface area contributed by atoms with E-state index in [2.05, 4.69) is 35.9 Å². The van der Waals surface area contributed by atoms with Crippen LogP contribution in [0.1, 0.15) is 22.3 Å². The standard InChI is InChI=1S/C27H25NO3S/c1-20-5-3-7-23(17-20)19-22-9-11-25(12-10-22)31-26-13-15-27(16-14-26)32(29,30)28-24-8-4-6-21(2)18-24/h3-18,28H,19H2,1-2H3. The predicted molar refractivity (Wildman–Crippen MR) is 129 cm³/mol. The molecule has 0 aliphatic carbocycles. The minimum atomic E-state index is -3.66. The van der Waals surface area contributed by atoms with Crippen LogP contribution < -0.4 is 9.46 Å². The molecule has 4 aromatic rings. The van der Waals surface area contributed by atoms with Crippen LogP contribution in [0.25, 0.3) is 0 Å². The fraction of sp³-hybridized carbons (Fsp3) is 0.111. The molecule has 0 bridgehead atoms. The Morgan fingerprint density at radius 2 is 1.28 bits per heavy atom. The number of sulfonamides is 1. The van der Waals surface area contributed by atoms with Gasteiger partial charge in [0, 0.05) is 5.69 Å². The van der Waals surface area contributed by atoms with Crippen molar-refractivity contribution in [1.82, 2.24) is 0 Å². The van der Waals surface area contributed by atoms with Gasteiger partial charge in [-0.3, -0.25) is 4.72 Å². The van der Waals surface area contributed by atoms with Crippen molar-refractivity contribution in [2.24, 2.45) is 0 Å². The summed E-state index contributed by atoms with van der Waals surface area (Å²) in [6, 6.07) is 30.1. The van der Waals surface area contributed by atoms with Crippen molar-refractivity contribution < 1.29 is 13.2 Å². The lowest BCUT2D eigenvalue weighted by Crippen LogP contribution is -2.12. The first-order chi connectivity index (χ1) is 15.4. The van der Waals surface area contributed by atoms with E-state index in [1.807, 2.05) is 43.3 Å². The van der Waals surface area contributed by atoms with Gasteiger partial charge in [-0.25, -0.2) is 8.42 Å². The molecule has 0 spiro atoms. The van der Waals surface area contributed by atoms with E-state index in [1.165, 1.54) is 16.7 Å². The molecule has 0 saturated carbocycles. The predicted octanol–water partition coefficient (Wildman–Crippen LogP) is 6.49. The van der Waals surface area contributed by atoms with Crippen LogP contribution >= 0.6 is 0 Å². The number of hydrogen-bond acceptors (Lipinski definition) is 3. The van der Waals surface area contributed by atoms with Gasteiger partial charge in [0.25, 0.3) is 10.0 Å². The highest BCUT2D eigenvalue weighted by Gasteiger charge is 2.14. The van der Waals surface area contributed by atoms with E-state index in [4.69, 9.17) is 4.74 Å². The molecule has 0 amide bonds. The Kier molecular flexibility index (Phi) is 6.28. The second kappa shape index (κ2) is 9.28. The Morgan fingerprint density at radius 3 is 1.91 bits per heavy atom. The quantitative estimate of drug-likeness (QED) is 0.355. The lowest BCUT2D eigenvalue weighted by molar-refractivity contribution is 0.482. The van der Waals surface area contributed by atoms with Gasteiger partial charge in [-0.05, 0) is 85.5 Å². The Bertz CT molecular complexity index is 1310. The fourth-order valence-electron chi connectivity index (χ4n) is 3.48. The number of anilines is 1. The lowest BCUT2D eigenvalue weighted by Gasteiger charge is -2.10. The minimum Gasteiger partial charge on any atom is -0.457 e. The Balaban J connectivity index is 1.41. The molecule has 0 aliphatic heterocycles. The molecule has 0 unspecified atom stereocenters. The summed E-state index contributed by atoms with van der Waals surface area (Å²) in [7, 11) is -3.66. The average molecular weight is 444 g/mol. The van der Waals surface area contributed by atoms with Gasteiger partial charge in [0.05, 0.1) is 4.90 Å². The van der Waals surface area contributed by atoms with Crippen molar-refractivity contribution >= 4 is 15.7 Å². The Morgan fingerprint density at radius 1 is 0.688 bits per heavy atom. The minimum absolute atomic E-state index is 0.180. The molecule has 162 valence electrons. The van der Waals surface area contributed by atoms with Gasteiger partial charge in [-0.2, -0.15) is 0 Å². The summed E-state index contributed by atoms with van der Waals surface area (Å²) in [5.74, 6) is 1.28. The van der Waals surface area contributed by atoms with Crippen LogP contribution in [0.15, 0.2) is 102 Å². The van der Waals surface area contributed by atoms with Gasteiger partial charge in [0.2, 0.25) is 0 Å². The second-order valence-corrected chi connectivity index (χ2v) is 9.54. The normalized spacial score (nSPS) is 11.2. The molecule has 4 aromatic carbocycles. The molecule has 4 rings (SSSR count). The third kappa shape index (κ3) is 5.56. The van der Waals surface area contributed by atoms with Crippen molar-refractivity contribution in [3.8, 4) is 11.5 Å². The molecule has 0 radical (unpaired) electrons. The number of rotatable bonds is 7. The molecular weight excluding hydrogens is 418 g/mol. The zero-order valence-corrected chi connectivity index (χ0v) is 18.9. The van der Waals surface area contributed by atoms with Crippen LogP contribution in [-0.2, 0) is 16.4 Å². The largest absolute Gasteiger partial charge is 0.457 e. The summed E-state index contributed by atoms with van der Waals surface area (Å²) in [6.07, 6.45) is 0.864.